The molecule has 0 amide bonds. The topological polar surface area (TPSA) is 24.1 Å². The fourth-order valence-electron chi connectivity index (χ4n) is 7.00. The van der Waals surface area contributed by atoms with Crippen LogP contribution in [-0.2, 0) is 17.4 Å². The van der Waals surface area contributed by atoms with E-state index in [0.29, 0.717) is 9.54 Å². The van der Waals surface area contributed by atoms with E-state index in [4.69, 9.17) is 0 Å². The summed E-state index contributed by atoms with van der Waals surface area (Å²) >= 11 is -3.29. The molecule has 2 aromatic rings. The maximum absolute atomic E-state index is 3.29. The average Bonchev–Trinajstić information content (AvgIpc) is 3.35. The second-order valence-electron chi connectivity index (χ2n) is 12.3. The molecule has 2 aliphatic carbocycles. The number of hydrogen-bond acceptors (Lipinski definition) is 2. The van der Waals surface area contributed by atoms with Crippen molar-refractivity contribution in [3.63, 3.8) is 0 Å². The minimum atomic E-state index is -3.29. The first-order valence-corrected chi connectivity index (χ1v) is 28.6. The summed E-state index contributed by atoms with van der Waals surface area (Å²) in [6.07, 6.45) is 2.50. The van der Waals surface area contributed by atoms with Crippen molar-refractivity contribution in [3.05, 3.63) is 85.2 Å². The molecule has 2 unspecified atom stereocenters. The predicted molar refractivity (Wildman–Crippen MR) is 177 cm³/mol. The number of rotatable bonds is 7. The van der Waals surface area contributed by atoms with Crippen molar-refractivity contribution in [2.45, 2.75) is 75.2 Å². The van der Waals surface area contributed by atoms with Crippen LogP contribution in [0.2, 0.25) is 9.26 Å². The Morgan fingerprint density at radius 2 is 1.28 bits per heavy atom. The van der Waals surface area contributed by atoms with Crippen molar-refractivity contribution in [2.75, 3.05) is 26.2 Å². The standard InChI is InChI=1S/C16H13.C9H13.2C4H11N.2CH3.H2Si.Zr/c1-12-10-14-8-5-9-15(16(14)11-12)13-6-3-2-4-7-13;1-6-5-7(2)9(4)8(6)3;2*1-3-5-4-2;;;;/h2-11H,1H3;6H,1-4H3;2*5H,3-4H2,1-2H3;2*1H3;1H2;. The van der Waals surface area contributed by atoms with E-state index in [0.717, 1.165) is 26.2 Å². The summed E-state index contributed by atoms with van der Waals surface area (Å²) in [6, 6.07) is 17.9. The van der Waals surface area contributed by atoms with E-state index in [9.17, 15) is 0 Å². The van der Waals surface area contributed by atoms with Crippen molar-refractivity contribution in [3.8, 4) is 11.1 Å². The van der Waals surface area contributed by atoms with Gasteiger partial charge in [0.2, 0.25) is 0 Å². The molecule has 214 valence electrons. The Morgan fingerprint density at radius 1 is 0.744 bits per heavy atom. The summed E-state index contributed by atoms with van der Waals surface area (Å²) in [6.45, 7) is 27.1. The van der Waals surface area contributed by atoms with Crippen molar-refractivity contribution in [1.82, 2.24) is 10.6 Å². The maximum Gasteiger partial charge on any atom is -0.00775 e. The molecule has 2 nitrogen and oxygen atoms in total. The molecule has 0 aromatic heterocycles. The Morgan fingerprint density at radius 3 is 1.72 bits per heavy atom. The van der Waals surface area contributed by atoms with Gasteiger partial charge < -0.3 is 10.6 Å². The van der Waals surface area contributed by atoms with Gasteiger partial charge in [0, 0.05) is 0 Å². The molecule has 2 N–H and O–H groups in total. The fraction of sp³-hybridized carbons (Fsp3) is 0.486. The molecule has 0 aliphatic heterocycles. The molecule has 0 heterocycles. The van der Waals surface area contributed by atoms with Gasteiger partial charge in [-0.25, -0.2) is 0 Å². The maximum atomic E-state index is 3.11. The summed E-state index contributed by atoms with van der Waals surface area (Å²) < 4.78 is 7.83. The van der Waals surface area contributed by atoms with Gasteiger partial charge in [-0.15, -0.1) is 0 Å². The van der Waals surface area contributed by atoms with Gasteiger partial charge in [-0.2, -0.15) is 0 Å². The first kappa shape index (κ1) is 33.9. The number of allylic oxidation sites excluding steroid dienone is 5. The van der Waals surface area contributed by atoms with Gasteiger partial charge in [-0.05, 0) is 26.2 Å². The van der Waals surface area contributed by atoms with E-state index >= 15 is 0 Å². The van der Waals surface area contributed by atoms with Gasteiger partial charge in [0.25, 0.3) is 0 Å². The minimum absolute atomic E-state index is 0.597. The zero-order valence-corrected chi connectivity index (χ0v) is 30.8. The molecule has 0 spiro atoms. The van der Waals surface area contributed by atoms with Crippen LogP contribution in [0.1, 0.15) is 77.1 Å². The SMILES string of the molecule is CC1=Cc2c(-c3ccccc3)cccc2[CH]1[Zr]([CH3])([CH3])(=[SiH2])[C]1=C(C)C(C)=C(C)C1C.CCNCC.CCNCC. The van der Waals surface area contributed by atoms with Crippen LogP contribution < -0.4 is 10.6 Å². The van der Waals surface area contributed by atoms with Gasteiger partial charge in [-0.1, -0.05) is 27.7 Å². The van der Waals surface area contributed by atoms with E-state index in [1.165, 1.54) is 16.7 Å². The van der Waals surface area contributed by atoms with Crippen LogP contribution in [0.25, 0.3) is 17.2 Å². The Labute approximate surface area is 243 Å². The number of hydrogen-bond donors (Lipinski definition) is 2. The Balaban J connectivity index is 0.000000458. The van der Waals surface area contributed by atoms with Crippen LogP contribution in [-0.4, -0.2) is 33.1 Å². The first-order valence-electron chi connectivity index (χ1n) is 15.1. The zero-order valence-electron chi connectivity index (χ0n) is 26.9. The zero-order chi connectivity index (χ0) is 29.4. The minimum Gasteiger partial charge on any atom is -0.317 e. The normalized spacial score (nSPS) is 18.7. The Hall–Kier alpha value is -1.32. The van der Waals surface area contributed by atoms with E-state index < -0.39 is 17.4 Å². The predicted octanol–water partition coefficient (Wildman–Crippen LogP) is 8.64. The molecule has 2 aliphatic rings. The second kappa shape index (κ2) is 14.5. The molecule has 0 saturated heterocycles. The number of fused-ring (bicyclic) bond motifs is 1. The van der Waals surface area contributed by atoms with Crippen molar-refractivity contribution in [2.24, 2.45) is 5.92 Å². The third-order valence-corrected chi connectivity index (χ3v) is 26.3. The van der Waals surface area contributed by atoms with E-state index in [2.05, 4.69) is 144 Å². The van der Waals surface area contributed by atoms with Gasteiger partial charge in [0.1, 0.15) is 0 Å². The molecule has 2 atom stereocenters. The molecule has 4 heteroatoms. The van der Waals surface area contributed by atoms with Crippen molar-refractivity contribution >= 4 is 13.0 Å². The summed E-state index contributed by atoms with van der Waals surface area (Å²) in [4.78, 5) is 0. The monoisotopic (exact) mass is 622 g/mol. The summed E-state index contributed by atoms with van der Waals surface area (Å²) in [5.74, 6) is 0.599. The van der Waals surface area contributed by atoms with Crippen LogP contribution in [0.15, 0.2) is 74.1 Å². The summed E-state index contributed by atoms with van der Waals surface area (Å²) in [5.41, 5.74) is 12.0. The number of benzene rings is 2. The quantitative estimate of drug-likeness (QED) is 0.302. The molecular weight excluding hydrogens is 568 g/mol. The molecule has 0 bridgehead atoms. The van der Waals surface area contributed by atoms with Gasteiger partial charge >= 0.3 is 180 Å². The van der Waals surface area contributed by atoms with Gasteiger partial charge in [0.15, 0.2) is 0 Å². The summed E-state index contributed by atoms with van der Waals surface area (Å²) in [5, 5.41) is 6.22. The van der Waals surface area contributed by atoms with E-state index in [-0.39, 0.29) is 0 Å². The fourth-order valence-corrected chi connectivity index (χ4v) is 28.7. The van der Waals surface area contributed by atoms with Crippen LogP contribution in [0, 0.1) is 5.92 Å². The van der Waals surface area contributed by atoms with Crippen molar-refractivity contribution < 1.29 is 17.4 Å². The molecule has 0 fully saturated rings. The van der Waals surface area contributed by atoms with Crippen LogP contribution in [0.4, 0.5) is 0 Å². The molecule has 0 saturated carbocycles. The van der Waals surface area contributed by atoms with Crippen LogP contribution in [0.3, 0.4) is 0 Å². The van der Waals surface area contributed by atoms with Crippen LogP contribution in [0.5, 0.6) is 0 Å². The Kier molecular flexibility index (Phi) is 12.6. The van der Waals surface area contributed by atoms with Crippen LogP contribution >= 0.6 is 0 Å². The van der Waals surface area contributed by atoms with Gasteiger partial charge in [0.05, 0.1) is 0 Å². The molecule has 39 heavy (non-hydrogen) atoms. The van der Waals surface area contributed by atoms with E-state index in [1.54, 1.807) is 27.9 Å². The Bertz CT molecular complexity index is 1270. The van der Waals surface area contributed by atoms with E-state index in [1.807, 2.05) is 3.28 Å². The third kappa shape index (κ3) is 7.50. The third-order valence-electron chi connectivity index (χ3n) is 8.81. The first-order chi connectivity index (χ1) is 18.4. The molecule has 4 rings (SSSR count). The van der Waals surface area contributed by atoms with Crippen molar-refractivity contribution in [1.29, 1.82) is 0 Å². The molecule has 2 aromatic carbocycles. The molecular formula is C35H56N2SiZr. The largest absolute Gasteiger partial charge is 0.317 e. The second-order valence-corrected chi connectivity index (χ2v) is 41.7. The van der Waals surface area contributed by atoms with Gasteiger partial charge in [-0.3, -0.25) is 0 Å². The smallest absolute Gasteiger partial charge is 0.00775 e. The number of nitrogens with one attached hydrogen (secondary N) is 2. The molecule has 0 radical (unpaired) electrons. The average molecular weight is 624 g/mol. The summed E-state index contributed by atoms with van der Waals surface area (Å²) in [7, 11) is 0.